The number of rotatable bonds is 4. The number of aromatic nitrogens is 2. The largest absolute Gasteiger partial charge is 0.349 e. The average Bonchev–Trinajstić information content (AvgIpc) is 2.86. The molecule has 4 aliphatic carbocycles. The normalized spacial score (nSPS) is 37.6. The molecule has 0 aromatic carbocycles. The summed E-state index contributed by atoms with van der Waals surface area (Å²) in [6.45, 7) is 0. The maximum atomic E-state index is 12.5. The first-order valence-electron chi connectivity index (χ1n) is 8.51. The number of carbonyl (C=O) groups excluding carboxylic acids is 1. The van der Waals surface area contributed by atoms with Crippen LogP contribution in [-0.2, 0) is 17.1 Å². The molecule has 1 aromatic rings. The Morgan fingerprint density at radius 1 is 1.29 bits per heavy atom. The number of aryl methyl sites for hydroxylation is 1. The van der Waals surface area contributed by atoms with Crippen LogP contribution in [0.4, 0.5) is 0 Å². The summed E-state index contributed by atoms with van der Waals surface area (Å²) in [7, 11) is -1.42. The van der Waals surface area contributed by atoms with Gasteiger partial charge in [0.1, 0.15) is 0 Å². The van der Waals surface area contributed by atoms with Crippen molar-refractivity contribution in [3.63, 3.8) is 0 Å². The lowest BCUT2D eigenvalue weighted by Crippen LogP contribution is -2.66. The van der Waals surface area contributed by atoms with Crippen molar-refractivity contribution in [2.75, 3.05) is 6.26 Å². The molecule has 0 spiro atoms. The summed E-state index contributed by atoms with van der Waals surface area (Å²) in [5, 5.41) is 7.25. The van der Waals surface area contributed by atoms with E-state index in [1.54, 1.807) is 24.1 Å². The lowest BCUT2D eigenvalue weighted by Gasteiger charge is -2.59. The van der Waals surface area contributed by atoms with Crippen molar-refractivity contribution in [2.45, 2.75) is 43.7 Å². The van der Waals surface area contributed by atoms with E-state index in [1.807, 2.05) is 0 Å². The highest BCUT2D eigenvalue weighted by molar-refractivity contribution is 7.88. The van der Waals surface area contributed by atoms with Crippen molar-refractivity contribution in [3.05, 3.63) is 18.0 Å². The number of sulfonamides is 1. The van der Waals surface area contributed by atoms with Crippen LogP contribution in [0.2, 0.25) is 0 Å². The number of nitrogens with one attached hydrogen (secondary N) is 2. The quantitative estimate of drug-likeness (QED) is 0.832. The zero-order chi connectivity index (χ0) is 17.1. The van der Waals surface area contributed by atoms with Crippen molar-refractivity contribution in [1.29, 1.82) is 0 Å². The summed E-state index contributed by atoms with van der Waals surface area (Å²) in [4.78, 5) is 12.5. The van der Waals surface area contributed by atoms with Gasteiger partial charge >= 0.3 is 0 Å². The SMILES string of the molecule is Cn1cc(C(=O)NC2C3CC4CC2CC(NS(C)(=O)=O)(C4)C3)cn1. The molecule has 8 heteroatoms. The van der Waals surface area contributed by atoms with E-state index in [4.69, 9.17) is 0 Å². The Morgan fingerprint density at radius 2 is 1.96 bits per heavy atom. The maximum absolute atomic E-state index is 12.5. The van der Waals surface area contributed by atoms with Gasteiger partial charge in [-0.3, -0.25) is 9.48 Å². The first kappa shape index (κ1) is 16.1. The van der Waals surface area contributed by atoms with Crippen LogP contribution in [0.1, 0.15) is 42.5 Å². The fraction of sp³-hybridized carbons (Fsp3) is 0.750. The van der Waals surface area contributed by atoms with E-state index in [0.29, 0.717) is 23.3 Å². The highest BCUT2D eigenvalue weighted by Gasteiger charge is 2.56. The lowest BCUT2D eigenvalue weighted by atomic mass is 9.51. The molecule has 2 atom stereocenters. The molecule has 0 aliphatic heterocycles. The second kappa shape index (κ2) is 5.29. The molecule has 4 fully saturated rings. The number of hydrogen-bond donors (Lipinski definition) is 2. The number of hydrogen-bond acceptors (Lipinski definition) is 4. The van der Waals surface area contributed by atoms with Crippen molar-refractivity contribution < 1.29 is 13.2 Å². The van der Waals surface area contributed by atoms with Gasteiger partial charge in [-0.25, -0.2) is 13.1 Å². The van der Waals surface area contributed by atoms with Gasteiger partial charge in [-0.2, -0.15) is 5.10 Å². The Kier molecular flexibility index (Phi) is 3.55. The Labute approximate surface area is 142 Å². The second-order valence-corrected chi connectivity index (χ2v) is 9.77. The summed E-state index contributed by atoms with van der Waals surface area (Å²) in [5.74, 6) is 1.20. The van der Waals surface area contributed by atoms with Gasteiger partial charge in [-0.15, -0.1) is 0 Å². The Balaban J connectivity index is 1.51. The molecule has 24 heavy (non-hydrogen) atoms. The number of nitrogens with zero attached hydrogens (tertiary/aromatic N) is 2. The average molecular weight is 352 g/mol. The lowest BCUT2D eigenvalue weighted by molar-refractivity contribution is -0.0347. The predicted octanol–water partition coefficient (Wildman–Crippen LogP) is 0.646. The summed E-state index contributed by atoms with van der Waals surface area (Å²) < 4.78 is 28.1. The molecule has 4 saturated carbocycles. The molecule has 5 rings (SSSR count). The van der Waals surface area contributed by atoms with Gasteiger partial charge in [0, 0.05) is 24.8 Å². The summed E-state index contributed by atoms with van der Waals surface area (Å²) in [6, 6.07) is 0.142. The van der Waals surface area contributed by atoms with Gasteiger partial charge in [-0.05, 0) is 49.9 Å². The maximum Gasteiger partial charge on any atom is 0.254 e. The molecule has 2 N–H and O–H groups in total. The first-order valence-corrected chi connectivity index (χ1v) is 10.4. The van der Waals surface area contributed by atoms with Crippen LogP contribution in [0.25, 0.3) is 0 Å². The van der Waals surface area contributed by atoms with Crippen LogP contribution in [0, 0.1) is 17.8 Å². The molecule has 4 aliphatic rings. The fourth-order valence-corrected chi connectivity index (χ4v) is 6.59. The van der Waals surface area contributed by atoms with E-state index in [1.165, 1.54) is 6.26 Å². The Bertz CT molecular complexity index is 756. The standard InChI is InChI=1S/C16H24N4O3S/c1-20-9-13(8-17-20)15(21)18-14-11-3-10-4-12(14)7-16(5-10,6-11)19-24(2,22)23/h8-12,14,19H,3-7H2,1-2H3,(H,18,21). The van der Waals surface area contributed by atoms with Crippen LogP contribution in [0.5, 0.6) is 0 Å². The summed E-state index contributed by atoms with van der Waals surface area (Å²) >= 11 is 0. The minimum Gasteiger partial charge on any atom is -0.349 e. The van der Waals surface area contributed by atoms with Gasteiger partial charge in [0.05, 0.1) is 18.0 Å². The third-order valence-corrected chi connectivity index (χ3v) is 6.74. The van der Waals surface area contributed by atoms with Crippen molar-refractivity contribution in [1.82, 2.24) is 19.8 Å². The van der Waals surface area contributed by atoms with Crippen molar-refractivity contribution in [2.24, 2.45) is 24.8 Å². The second-order valence-electron chi connectivity index (χ2n) is 8.03. The Hall–Kier alpha value is -1.41. The third-order valence-electron chi connectivity index (χ3n) is 5.94. The molecule has 0 saturated heterocycles. The molecular formula is C16H24N4O3S. The zero-order valence-electron chi connectivity index (χ0n) is 14.0. The summed E-state index contributed by atoms with van der Waals surface area (Å²) in [5.41, 5.74) is 0.287. The van der Waals surface area contributed by atoms with Crippen LogP contribution in [-0.4, -0.2) is 41.9 Å². The van der Waals surface area contributed by atoms with Gasteiger partial charge in [0.15, 0.2) is 0 Å². The summed E-state index contributed by atoms with van der Waals surface area (Å²) in [6.07, 6.45) is 9.30. The molecule has 7 nitrogen and oxygen atoms in total. The molecule has 1 heterocycles. The fourth-order valence-electron chi connectivity index (χ4n) is 5.55. The van der Waals surface area contributed by atoms with Gasteiger partial charge in [0.25, 0.3) is 5.91 Å². The van der Waals surface area contributed by atoms with Gasteiger partial charge in [-0.1, -0.05) is 0 Å². The number of carbonyl (C=O) groups is 1. The Morgan fingerprint density at radius 3 is 2.50 bits per heavy atom. The molecular weight excluding hydrogens is 328 g/mol. The van der Waals surface area contributed by atoms with Crippen molar-refractivity contribution >= 4 is 15.9 Å². The van der Waals surface area contributed by atoms with Crippen LogP contribution < -0.4 is 10.0 Å². The molecule has 0 radical (unpaired) electrons. The molecule has 1 aromatic heterocycles. The van der Waals surface area contributed by atoms with Crippen LogP contribution in [0.3, 0.4) is 0 Å². The minimum absolute atomic E-state index is 0.0781. The van der Waals surface area contributed by atoms with Gasteiger partial charge in [0.2, 0.25) is 10.0 Å². The van der Waals surface area contributed by atoms with E-state index in [0.717, 1.165) is 32.1 Å². The zero-order valence-corrected chi connectivity index (χ0v) is 14.8. The van der Waals surface area contributed by atoms with E-state index in [2.05, 4.69) is 15.1 Å². The highest BCUT2D eigenvalue weighted by Crippen LogP contribution is 2.55. The monoisotopic (exact) mass is 352 g/mol. The third kappa shape index (κ3) is 2.86. The molecule has 2 unspecified atom stereocenters. The van der Waals surface area contributed by atoms with E-state index in [9.17, 15) is 13.2 Å². The van der Waals surface area contributed by atoms with Crippen LogP contribution >= 0.6 is 0 Å². The van der Waals surface area contributed by atoms with E-state index < -0.39 is 10.0 Å². The van der Waals surface area contributed by atoms with Gasteiger partial charge < -0.3 is 5.32 Å². The molecule has 4 bridgehead atoms. The number of amides is 1. The molecule has 1 amide bonds. The predicted molar refractivity (Wildman–Crippen MR) is 88.7 cm³/mol. The van der Waals surface area contributed by atoms with Crippen LogP contribution in [0.15, 0.2) is 12.4 Å². The minimum atomic E-state index is -3.22. The highest BCUT2D eigenvalue weighted by atomic mass is 32.2. The van der Waals surface area contributed by atoms with E-state index in [-0.39, 0.29) is 17.5 Å². The molecule has 132 valence electrons. The van der Waals surface area contributed by atoms with E-state index >= 15 is 0 Å². The van der Waals surface area contributed by atoms with Crippen molar-refractivity contribution in [3.8, 4) is 0 Å². The first-order chi connectivity index (χ1) is 11.2. The topological polar surface area (TPSA) is 93.1 Å². The smallest absolute Gasteiger partial charge is 0.254 e.